The molecule has 1 heterocycles. The average molecular weight is 404 g/mol. The van der Waals surface area contributed by atoms with Crippen LogP contribution in [0.2, 0.25) is 0 Å². The van der Waals surface area contributed by atoms with Gasteiger partial charge in [0, 0.05) is 0 Å². The molecule has 0 bridgehead atoms. The molecule has 0 unspecified atom stereocenters. The summed E-state index contributed by atoms with van der Waals surface area (Å²) in [5.41, 5.74) is 0. The van der Waals surface area contributed by atoms with Crippen LogP contribution in [-0.2, 0) is 32.0 Å². The summed E-state index contributed by atoms with van der Waals surface area (Å²) < 4.78 is 50.2. The SMILES string of the molecule is C[C@H]1O[C@H](O)[C@@H](OP(=O)(O)O)[C@@H](OP(=O)(O)O)[C@@H]1OP(=O)(O)O. The van der Waals surface area contributed by atoms with E-state index < -0.39 is 54.2 Å². The maximum atomic E-state index is 11.0. The van der Waals surface area contributed by atoms with Gasteiger partial charge >= 0.3 is 23.5 Å². The van der Waals surface area contributed by atoms with Gasteiger partial charge < -0.3 is 39.2 Å². The monoisotopic (exact) mass is 404 g/mol. The van der Waals surface area contributed by atoms with Crippen LogP contribution in [0.1, 0.15) is 6.92 Å². The standard InChI is InChI=1S/C6H15O14P3/c1-2-3(18-21(8,9)10)4(19-22(11,12)13)5(6(7)17-2)20-23(14,15)16/h2-7H,1H3,(H2,8,9,10)(H2,11,12,13)(H2,14,15,16)/t2-,3-,4+,5+,6+/m1/s1. The Morgan fingerprint density at radius 1 is 0.739 bits per heavy atom. The molecule has 23 heavy (non-hydrogen) atoms. The molecule has 138 valence electrons. The van der Waals surface area contributed by atoms with E-state index in [4.69, 9.17) is 34.1 Å². The van der Waals surface area contributed by atoms with Crippen LogP contribution in [-0.4, -0.2) is 65.2 Å². The third kappa shape index (κ3) is 7.34. The Labute approximate surface area is 128 Å². The van der Waals surface area contributed by atoms with Crippen molar-refractivity contribution in [2.75, 3.05) is 0 Å². The molecule has 0 spiro atoms. The van der Waals surface area contributed by atoms with Crippen molar-refractivity contribution < 1.29 is 66.5 Å². The molecule has 0 aliphatic carbocycles. The van der Waals surface area contributed by atoms with Crippen LogP contribution in [0.5, 0.6) is 0 Å². The van der Waals surface area contributed by atoms with E-state index in [2.05, 4.69) is 13.6 Å². The summed E-state index contributed by atoms with van der Waals surface area (Å²) in [5, 5.41) is 9.61. The molecule has 0 saturated carbocycles. The summed E-state index contributed by atoms with van der Waals surface area (Å²) in [6, 6.07) is 0. The van der Waals surface area contributed by atoms with Gasteiger partial charge in [-0.05, 0) is 6.92 Å². The molecule has 7 N–H and O–H groups in total. The maximum absolute atomic E-state index is 11.0. The second-order valence-electron chi connectivity index (χ2n) is 4.41. The van der Waals surface area contributed by atoms with Crippen molar-refractivity contribution in [3.8, 4) is 0 Å². The van der Waals surface area contributed by atoms with Crippen molar-refractivity contribution in [3.63, 3.8) is 0 Å². The smallest absolute Gasteiger partial charge is 0.366 e. The van der Waals surface area contributed by atoms with Crippen molar-refractivity contribution in [1.82, 2.24) is 0 Å². The normalized spacial score (nSPS) is 33.7. The van der Waals surface area contributed by atoms with E-state index in [-0.39, 0.29) is 0 Å². The van der Waals surface area contributed by atoms with Crippen molar-refractivity contribution in [2.45, 2.75) is 37.6 Å². The molecule has 1 fully saturated rings. The number of aliphatic hydroxyl groups excluding tert-OH is 1. The van der Waals surface area contributed by atoms with Gasteiger partial charge in [0.1, 0.15) is 18.3 Å². The molecule has 1 saturated heterocycles. The Bertz CT molecular complexity index is 509. The molecule has 0 amide bonds. The molecule has 14 nitrogen and oxygen atoms in total. The van der Waals surface area contributed by atoms with Crippen LogP contribution in [0, 0.1) is 0 Å². The largest absolute Gasteiger partial charge is 0.470 e. The Morgan fingerprint density at radius 3 is 1.48 bits per heavy atom. The number of hydrogen-bond acceptors (Lipinski definition) is 8. The fraction of sp³-hybridized carbons (Fsp3) is 1.00. The second-order valence-corrected chi connectivity index (χ2v) is 7.99. The zero-order valence-electron chi connectivity index (χ0n) is 11.2. The topological polar surface area (TPSA) is 230 Å². The van der Waals surface area contributed by atoms with E-state index >= 15 is 0 Å². The van der Waals surface area contributed by atoms with Crippen molar-refractivity contribution in [2.24, 2.45) is 0 Å². The minimum absolute atomic E-state index is 1.10. The van der Waals surface area contributed by atoms with Gasteiger partial charge in [-0.15, -0.1) is 0 Å². The molecule has 1 aliphatic heterocycles. The van der Waals surface area contributed by atoms with Gasteiger partial charge in [-0.25, -0.2) is 13.7 Å². The average Bonchev–Trinajstić information content (AvgIpc) is 2.25. The van der Waals surface area contributed by atoms with Crippen LogP contribution in [0.4, 0.5) is 0 Å². The number of hydrogen-bond donors (Lipinski definition) is 7. The van der Waals surface area contributed by atoms with Crippen molar-refractivity contribution >= 4 is 23.5 Å². The Kier molecular flexibility index (Phi) is 6.70. The molecule has 0 aromatic rings. The van der Waals surface area contributed by atoms with Crippen LogP contribution in [0.3, 0.4) is 0 Å². The third-order valence-electron chi connectivity index (χ3n) is 2.52. The minimum atomic E-state index is -5.33. The highest BCUT2D eigenvalue weighted by atomic mass is 31.2. The fourth-order valence-electron chi connectivity index (χ4n) is 1.84. The number of rotatable bonds is 6. The fourth-order valence-corrected chi connectivity index (χ4v) is 3.55. The lowest BCUT2D eigenvalue weighted by molar-refractivity contribution is -0.267. The lowest BCUT2D eigenvalue weighted by Gasteiger charge is -2.42. The predicted octanol–water partition coefficient (Wildman–Crippen LogP) is -1.84. The Morgan fingerprint density at radius 2 is 1.09 bits per heavy atom. The summed E-state index contributed by atoms with van der Waals surface area (Å²) in [4.78, 5) is 52.8. The number of ether oxygens (including phenoxy) is 1. The predicted molar refractivity (Wildman–Crippen MR) is 67.3 cm³/mol. The van der Waals surface area contributed by atoms with Gasteiger partial charge in [0.25, 0.3) is 0 Å². The zero-order chi connectivity index (χ0) is 18.2. The van der Waals surface area contributed by atoms with Crippen LogP contribution < -0.4 is 0 Å². The molecule has 5 atom stereocenters. The first kappa shape index (κ1) is 21.3. The lowest BCUT2D eigenvalue weighted by Crippen LogP contribution is -2.58. The highest BCUT2D eigenvalue weighted by Gasteiger charge is 2.52. The number of phosphoric ester groups is 3. The van der Waals surface area contributed by atoms with Crippen molar-refractivity contribution in [3.05, 3.63) is 0 Å². The first-order valence-electron chi connectivity index (χ1n) is 5.64. The van der Waals surface area contributed by atoms with Gasteiger partial charge in [0.2, 0.25) is 0 Å². The summed E-state index contributed by atoms with van der Waals surface area (Å²) in [7, 11) is -15.8. The summed E-state index contributed by atoms with van der Waals surface area (Å²) in [6.45, 7) is 1.10. The number of aliphatic hydroxyl groups is 1. The molecule has 1 aliphatic rings. The highest BCUT2D eigenvalue weighted by molar-refractivity contribution is 7.47. The molecule has 0 aromatic heterocycles. The quantitative estimate of drug-likeness (QED) is 0.241. The van der Waals surface area contributed by atoms with Crippen LogP contribution in [0.15, 0.2) is 0 Å². The van der Waals surface area contributed by atoms with Gasteiger partial charge in [-0.3, -0.25) is 13.6 Å². The van der Waals surface area contributed by atoms with Gasteiger partial charge in [0.15, 0.2) is 6.29 Å². The zero-order valence-corrected chi connectivity index (χ0v) is 13.9. The second kappa shape index (κ2) is 7.24. The molecular weight excluding hydrogens is 389 g/mol. The van der Waals surface area contributed by atoms with E-state index in [0.29, 0.717) is 0 Å². The van der Waals surface area contributed by atoms with Crippen LogP contribution in [0.25, 0.3) is 0 Å². The molecule has 0 radical (unpaired) electrons. The summed E-state index contributed by atoms with van der Waals surface area (Å²) in [5.74, 6) is 0. The Hall–Kier alpha value is 0.250. The minimum Gasteiger partial charge on any atom is -0.366 e. The van der Waals surface area contributed by atoms with Gasteiger partial charge in [-0.1, -0.05) is 0 Å². The molecule has 1 rings (SSSR count). The highest BCUT2D eigenvalue weighted by Crippen LogP contribution is 2.49. The van der Waals surface area contributed by atoms with E-state index in [9.17, 15) is 18.8 Å². The molecule has 17 heteroatoms. The van der Waals surface area contributed by atoms with E-state index in [1.165, 1.54) is 0 Å². The third-order valence-corrected chi connectivity index (χ3v) is 4.08. The van der Waals surface area contributed by atoms with E-state index in [1.54, 1.807) is 0 Å². The summed E-state index contributed by atoms with van der Waals surface area (Å²) >= 11 is 0. The van der Waals surface area contributed by atoms with Gasteiger partial charge in [-0.2, -0.15) is 0 Å². The van der Waals surface area contributed by atoms with E-state index in [0.717, 1.165) is 6.92 Å². The van der Waals surface area contributed by atoms with Gasteiger partial charge in [0.05, 0.1) is 6.10 Å². The number of phosphoric acid groups is 3. The molecular formula is C6H15O14P3. The first-order valence-corrected chi connectivity index (χ1v) is 10.2. The molecule has 0 aromatic carbocycles. The van der Waals surface area contributed by atoms with Crippen molar-refractivity contribution in [1.29, 1.82) is 0 Å². The lowest BCUT2D eigenvalue weighted by atomic mass is 10.0. The Balaban J connectivity index is 3.21. The maximum Gasteiger partial charge on any atom is 0.470 e. The summed E-state index contributed by atoms with van der Waals surface area (Å²) in [6.07, 6.45) is -9.83. The van der Waals surface area contributed by atoms with E-state index in [1.807, 2.05) is 0 Å². The van der Waals surface area contributed by atoms with Crippen LogP contribution >= 0.6 is 23.5 Å². The first-order chi connectivity index (χ1) is 10.1.